The molecule has 14 heavy (non-hydrogen) atoms. The van der Waals surface area contributed by atoms with Crippen LogP contribution in [0.1, 0.15) is 6.42 Å². The maximum atomic E-state index is 10.5. The normalized spacial score (nSPS) is 9.86. The molecule has 0 bridgehead atoms. The Hall–Kier alpha value is -0.930. The van der Waals surface area contributed by atoms with Gasteiger partial charge < -0.3 is 11.1 Å². The van der Waals surface area contributed by atoms with Gasteiger partial charge in [-0.1, -0.05) is 29.3 Å². The van der Waals surface area contributed by atoms with Gasteiger partial charge >= 0.3 is 0 Å². The number of nitrogens with two attached hydrogens (primary N) is 1. The number of primary amides is 1. The molecule has 0 saturated heterocycles. The summed E-state index contributed by atoms with van der Waals surface area (Å²) in [5, 5.41) is 4.01. The fourth-order valence-electron chi connectivity index (χ4n) is 0.977. The van der Waals surface area contributed by atoms with Gasteiger partial charge in [0.15, 0.2) is 0 Å². The van der Waals surface area contributed by atoms with E-state index in [0.29, 0.717) is 22.3 Å². The molecule has 76 valence electrons. The molecule has 5 heteroatoms. The SMILES string of the molecule is NC(=O)CCNc1c(Cl)cccc1Cl. The van der Waals surface area contributed by atoms with Crippen molar-refractivity contribution in [2.75, 3.05) is 11.9 Å². The summed E-state index contributed by atoms with van der Waals surface area (Å²) in [4.78, 5) is 10.5. The molecular formula is C9H10Cl2N2O. The highest BCUT2D eigenvalue weighted by Gasteiger charge is 2.04. The standard InChI is InChI=1S/C9H10Cl2N2O/c10-6-2-1-3-7(11)9(6)13-5-4-8(12)14/h1-3,13H,4-5H2,(H2,12,14). The van der Waals surface area contributed by atoms with Crippen molar-refractivity contribution in [3.05, 3.63) is 28.2 Å². The van der Waals surface area contributed by atoms with Gasteiger partial charge in [0.2, 0.25) is 5.91 Å². The molecule has 0 aliphatic carbocycles. The molecule has 0 spiro atoms. The first-order chi connectivity index (χ1) is 6.61. The molecule has 0 radical (unpaired) electrons. The Morgan fingerprint density at radius 3 is 2.43 bits per heavy atom. The van der Waals surface area contributed by atoms with Crippen molar-refractivity contribution in [1.29, 1.82) is 0 Å². The van der Waals surface area contributed by atoms with Crippen LogP contribution < -0.4 is 11.1 Å². The van der Waals surface area contributed by atoms with E-state index in [1.54, 1.807) is 18.2 Å². The fourth-order valence-corrected chi connectivity index (χ4v) is 1.51. The van der Waals surface area contributed by atoms with Crippen LogP contribution in [0.5, 0.6) is 0 Å². The average molecular weight is 233 g/mol. The molecule has 3 nitrogen and oxygen atoms in total. The quantitative estimate of drug-likeness (QED) is 0.838. The number of nitrogens with one attached hydrogen (secondary N) is 1. The summed E-state index contributed by atoms with van der Waals surface area (Å²) in [7, 11) is 0. The highest BCUT2D eigenvalue weighted by atomic mass is 35.5. The number of halogens is 2. The van der Waals surface area contributed by atoms with Crippen molar-refractivity contribution in [1.82, 2.24) is 0 Å². The summed E-state index contributed by atoms with van der Waals surface area (Å²) in [6.07, 6.45) is 0.252. The number of benzene rings is 1. The number of carbonyl (C=O) groups excluding carboxylic acids is 1. The second-order valence-electron chi connectivity index (χ2n) is 2.74. The van der Waals surface area contributed by atoms with Crippen LogP contribution in [-0.4, -0.2) is 12.5 Å². The summed E-state index contributed by atoms with van der Waals surface area (Å²) in [6.45, 7) is 0.429. The lowest BCUT2D eigenvalue weighted by Gasteiger charge is -2.08. The predicted molar refractivity (Wildman–Crippen MR) is 58.8 cm³/mol. The minimum atomic E-state index is -0.360. The zero-order valence-corrected chi connectivity index (χ0v) is 8.90. The van der Waals surface area contributed by atoms with Crippen LogP contribution in [0.3, 0.4) is 0 Å². The lowest BCUT2D eigenvalue weighted by atomic mass is 10.3. The summed E-state index contributed by atoms with van der Waals surface area (Å²) in [5.41, 5.74) is 5.62. The van der Waals surface area contributed by atoms with Crippen molar-refractivity contribution in [2.24, 2.45) is 5.73 Å². The van der Waals surface area contributed by atoms with Crippen molar-refractivity contribution in [3.8, 4) is 0 Å². The van der Waals surface area contributed by atoms with Crippen LogP contribution in [0.25, 0.3) is 0 Å². The molecule has 1 aromatic rings. The van der Waals surface area contributed by atoms with Crippen LogP contribution in [0, 0.1) is 0 Å². The number of rotatable bonds is 4. The molecule has 1 amide bonds. The van der Waals surface area contributed by atoms with Gasteiger partial charge in [-0.05, 0) is 12.1 Å². The highest BCUT2D eigenvalue weighted by Crippen LogP contribution is 2.29. The van der Waals surface area contributed by atoms with E-state index in [0.717, 1.165) is 0 Å². The van der Waals surface area contributed by atoms with E-state index in [9.17, 15) is 4.79 Å². The Bertz CT molecular complexity index is 321. The largest absolute Gasteiger partial charge is 0.382 e. The smallest absolute Gasteiger partial charge is 0.219 e. The van der Waals surface area contributed by atoms with Crippen LogP contribution in [0.2, 0.25) is 10.0 Å². The lowest BCUT2D eigenvalue weighted by molar-refractivity contribution is -0.117. The number of hydrogen-bond donors (Lipinski definition) is 2. The third kappa shape index (κ3) is 3.09. The van der Waals surface area contributed by atoms with Crippen molar-refractivity contribution in [2.45, 2.75) is 6.42 Å². The second-order valence-corrected chi connectivity index (χ2v) is 3.55. The Balaban J connectivity index is 2.62. The van der Waals surface area contributed by atoms with E-state index in [-0.39, 0.29) is 12.3 Å². The Kier molecular flexibility index (Phi) is 4.04. The molecule has 0 saturated carbocycles. The molecule has 0 aromatic heterocycles. The first-order valence-corrected chi connectivity index (χ1v) is 4.83. The van der Waals surface area contributed by atoms with Crippen LogP contribution in [0.15, 0.2) is 18.2 Å². The molecule has 1 rings (SSSR count). The maximum Gasteiger partial charge on any atom is 0.219 e. The third-order valence-electron chi connectivity index (χ3n) is 1.64. The molecule has 1 aromatic carbocycles. The summed E-state index contributed by atoms with van der Waals surface area (Å²) >= 11 is 11.8. The van der Waals surface area contributed by atoms with Gasteiger partial charge in [-0.3, -0.25) is 4.79 Å². The highest BCUT2D eigenvalue weighted by molar-refractivity contribution is 6.39. The Morgan fingerprint density at radius 1 is 1.36 bits per heavy atom. The Morgan fingerprint density at radius 2 is 1.93 bits per heavy atom. The zero-order valence-electron chi connectivity index (χ0n) is 7.39. The van der Waals surface area contributed by atoms with E-state index >= 15 is 0 Å². The summed E-state index contributed by atoms with van der Waals surface area (Å²) < 4.78 is 0. The van der Waals surface area contributed by atoms with Crippen molar-refractivity contribution >= 4 is 34.8 Å². The van der Waals surface area contributed by atoms with Gasteiger partial charge in [0, 0.05) is 13.0 Å². The van der Waals surface area contributed by atoms with Crippen LogP contribution in [-0.2, 0) is 4.79 Å². The molecule has 0 fully saturated rings. The van der Waals surface area contributed by atoms with Gasteiger partial charge in [-0.2, -0.15) is 0 Å². The Labute approximate surface area is 92.2 Å². The zero-order chi connectivity index (χ0) is 10.6. The minimum absolute atomic E-state index is 0.252. The summed E-state index contributed by atoms with van der Waals surface area (Å²) in [6, 6.07) is 5.20. The molecule has 0 heterocycles. The van der Waals surface area contributed by atoms with E-state index in [1.807, 2.05) is 0 Å². The molecular weight excluding hydrogens is 223 g/mol. The number of carbonyl (C=O) groups is 1. The number of hydrogen-bond acceptors (Lipinski definition) is 2. The van der Waals surface area contributed by atoms with E-state index in [1.165, 1.54) is 0 Å². The number of amides is 1. The summed E-state index contributed by atoms with van der Waals surface area (Å²) in [5.74, 6) is -0.360. The maximum absolute atomic E-state index is 10.5. The average Bonchev–Trinajstić information content (AvgIpc) is 2.09. The van der Waals surface area contributed by atoms with Crippen LogP contribution in [0.4, 0.5) is 5.69 Å². The molecule has 0 aliphatic rings. The van der Waals surface area contributed by atoms with Gasteiger partial charge in [0.1, 0.15) is 0 Å². The third-order valence-corrected chi connectivity index (χ3v) is 2.27. The predicted octanol–water partition coefficient (Wildman–Crippen LogP) is 2.28. The topological polar surface area (TPSA) is 55.1 Å². The molecule has 3 N–H and O–H groups in total. The van der Waals surface area contributed by atoms with Gasteiger partial charge in [-0.15, -0.1) is 0 Å². The van der Waals surface area contributed by atoms with E-state index in [4.69, 9.17) is 28.9 Å². The lowest BCUT2D eigenvalue weighted by Crippen LogP contribution is -2.16. The van der Waals surface area contributed by atoms with Gasteiger partial charge in [0.05, 0.1) is 15.7 Å². The number of anilines is 1. The van der Waals surface area contributed by atoms with Gasteiger partial charge in [0.25, 0.3) is 0 Å². The fraction of sp³-hybridized carbons (Fsp3) is 0.222. The van der Waals surface area contributed by atoms with E-state index in [2.05, 4.69) is 5.32 Å². The second kappa shape index (κ2) is 5.08. The molecule has 0 aliphatic heterocycles. The van der Waals surface area contributed by atoms with Crippen molar-refractivity contribution < 1.29 is 4.79 Å². The monoisotopic (exact) mass is 232 g/mol. The minimum Gasteiger partial charge on any atom is -0.382 e. The first kappa shape index (κ1) is 11.1. The van der Waals surface area contributed by atoms with Crippen molar-refractivity contribution in [3.63, 3.8) is 0 Å². The molecule has 0 atom stereocenters. The van der Waals surface area contributed by atoms with Crippen LogP contribution >= 0.6 is 23.2 Å². The van der Waals surface area contributed by atoms with Gasteiger partial charge in [-0.25, -0.2) is 0 Å². The molecule has 0 unspecified atom stereocenters. The van der Waals surface area contributed by atoms with E-state index < -0.39 is 0 Å². The number of para-hydroxylation sites is 1. The first-order valence-electron chi connectivity index (χ1n) is 4.07.